The molecular weight excluding hydrogens is 133 g/mol. The molecular formula is C7H8FNO. The molecule has 1 atom stereocenters. The van der Waals surface area contributed by atoms with E-state index in [1.807, 2.05) is 5.92 Å². The number of halogens is 1. The summed E-state index contributed by atoms with van der Waals surface area (Å²) in [4.78, 5) is 12.0. The summed E-state index contributed by atoms with van der Waals surface area (Å²) in [7, 11) is 1.54. The average molecular weight is 141 g/mol. The van der Waals surface area contributed by atoms with Crippen LogP contribution >= 0.6 is 0 Å². The van der Waals surface area contributed by atoms with Crippen molar-refractivity contribution in [3.05, 3.63) is 0 Å². The Kier molecular flexibility index (Phi) is 1.40. The molecule has 1 amide bonds. The minimum Gasteiger partial charge on any atom is -0.341 e. The zero-order valence-corrected chi connectivity index (χ0v) is 5.72. The minimum absolute atomic E-state index is 0.0301. The fourth-order valence-electron chi connectivity index (χ4n) is 0.991. The molecule has 54 valence electrons. The molecule has 10 heavy (non-hydrogen) atoms. The Morgan fingerprint density at radius 2 is 2.50 bits per heavy atom. The Balaban J connectivity index is 2.76. The quantitative estimate of drug-likeness (QED) is 0.441. The number of terminal acetylenes is 1. The van der Waals surface area contributed by atoms with Gasteiger partial charge in [-0.25, -0.2) is 4.39 Å². The van der Waals surface area contributed by atoms with Crippen LogP contribution < -0.4 is 0 Å². The van der Waals surface area contributed by atoms with Crippen LogP contribution in [0.3, 0.4) is 0 Å². The van der Waals surface area contributed by atoms with Crippen LogP contribution in [0.2, 0.25) is 0 Å². The highest BCUT2D eigenvalue weighted by Crippen LogP contribution is 2.24. The molecule has 1 rings (SSSR count). The number of hydrogen-bond acceptors (Lipinski definition) is 1. The van der Waals surface area contributed by atoms with Crippen LogP contribution in [0.1, 0.15) is 6.42 Å². The molecule has 2 nitrogen and oxygen atoms in total. The second-order valence-corrected chi connectivity index (χ2v) is 2.54. The summed E-state index contributed by atoms with van der Waals surface area (Å²) in [6.07, 6.45) is 4.72. The summed E-state index contributed by atoms with van der Waals surface area (Å²) >= 11 is 0. The van der Waals surface area contributed by atoms with E-state index in [0.29, 0.717) is 0 Å². The van der Waals surface area contributed by atoms with Crippen molar-refractivity contribution in [2.24, 2.45) is 0 Å². The smallest absolute Gasteiger partial charge is 0.226 e. The molecule has 1 heterocycles. The maximum atomic E-state index is 13.0. The van der Waals surface area contributed by atoms with Gasteiger partial charge in [0.15, 0.2) is 5.67 Å². The molecule has 0 N–H and O–H groups in total. The summed E-state index contributed by atoms with van der Waals surface area (Å²) in [6.45, 7) is 0.0301. The van der Waals surface area contributed by atoms with Gasteiger partial charge in [-0.3, -0.25) is 4.79 Å². The van der Waals surface area contributed by atoms with Gasteiger partial charge in [0.2, 0.25) is 5.91 Å². The molecule has 0 aromatic rings. The normalized spacial score (nSPS) is 32.5. The molecule has 1 fully saturated rings. The van der Waals surface area contributed by atoms with E-state index in [1.165, 1.54) is 4.90 Å². The Bertz CT molecular complexity index is 208. The molecule has 0 aliphatic carbocycles. The van der Waals surface area contributed by atoms with Gasteiger partial charge >= 0.3 is 0 Å². The molecule has 0 saturated carbocycles. The van der Waals surface area contributed by atoms with Gasteiger partial charge < -0.3 is 4.90 Å². The molecule has 1 unspecified atom stereocenters. The fraction of sp³-hybridized carbons (Fsp3) is 0.571. The Hall–Kier alpha value is -1.04. The molecule has 0 aromatic carbocycles. The van der Waals surface area contributed by atoms with Crippen LogP contribution in [0.25, 0.3) is 0 Å². The zero-order chi connectivity index (χ0) is 7.78. The van der Waals surface area contributed by atoms with Gasteiger partial charge in [-0.15, -0.1) is 6.42 Å². The lowest BCUT2D eigenvalue weighted by Crippen LogP contribution is -2.25. The van der Waals surface area contributed by atoms with Gasteiger partial charge in [0.25, 0.3) is 0 Å². The van der Waals surface area contributed by atoms with Crippen molar-refractivity contribution in [2.45, 2.75) is 12.1 Å². The van der Waals surface area contributed by atoms with Crippen molar-refractivity contribution in [3.63, 3.8) is 0 Å². The van der Waals surface area contributed by atoms with Crippen molar-refractivity contribution in [1.29, 1.82) is 0 Å². The van der Waals surface area contributed by atoms with E-state index in [0.717, 1.165) is 0 Å². The van der Waals surface area contributed by atoms with Crippen LogP contribution in [0.4, 0.5) is 4.39 Å². The number of carbonyl (C=O) groups is 1. The number of amides is 1. The lowest BCUT2D eigenvalue weighted by molar-refractivity contribution is -0.126. The van der Waals surface area contributed by atoms with Crippen molar-refractivity contribution in [2.75, 3.05) is 13.6 Å². The van der Waals surface area contributed by atoms with E-state index in [-0.39, 0.29) is 18.9 Å². The van der Waals surface area contributed by atoms with Gasteiger partial charge in [0.1, 0.15) is 0 Å². The number of nitrogens with zero attached hydrogens (tertiary/aromatic N) is 1. The molecule has 0 aromatic heterocycles. The van der Waals surface area contributed by atoms with Crippen molar-refractivity contribution in [3.8, 4) is 12.3 Å². The zero-order valence-electron chi connectivity index (χ0n) is 5.72. The summed E-state index contributed by atoms with van der Waals surface area (Å²) < 4.78 is 13.0. The first-order valence-electron chi connectivity index (χ1n) is 2.98. The van der Waals surface area contributed by atoms with E-state index in [4.69, 9.17) is 6.42 Å². The minimum atomic E-state index is -1.72. The van der Waals surface area contributed by atoms with Crippen LogP contribution in [0.15, 0.2) is 0 Å². The van der Waals surface area contributed by atoms with Crippen LogP contribution in [0.5, 0.6) is 0 Å². The molecule has 0 radical (unpaired) electrons. The standard InChI is InChI=1S/C7H8FNO/c1-3-7(8)4-6(10)9(2)5-7/h1H,4-5H2,2H3. The van der Waals surface area contributed by atoms with Crippen LogP contribution in [0, 0.1) is 12.3 Å². The summed E-state index contributed by atoms with van der Waals surface area (Å²) in [5.74, 6) is 1.75. The van der Waals surface area contributed by atoms with E-state index >= 15 is 0 Å². The highest BCUT2D eigenvalue weighted by atomic mass is 19.1. The predicted octanol–water partition coefficient (Wildman–Crippen LogP) is 0.190. The van der Waals surface area contributed by atoms with Gasteiger partial charge in [-0.2, -0.15) is 0 Å². The van der Waals surface area contributed by atoms with Gasteiger partial charge in [0.05, 0.1) is 13.0 Å². The monoisotopic (exact) mass is 141 g/mol. The Morgan fingerprint density at radius 1 is 1.90 bits per heavy atom. The maximum Gasteiger partial charge on any atom is 0.226 e. The highest BCUT2D eigenvalue weighted by Gasteiger charge is 2.40. The third-order valence-electron chi connectivity index (χ3n) is 1.60. The largest absolute Gasteiger partial charge is 0.341 e. The number of alkyl halides is 1. The summed E-state index contributed by atoms with van der Waals surface area (Å²) in [6, 6.07) is 0. The molecule has 1 aliphatic rings. The third-order valence-corrected chi connectivity index (χ3v) is 1.60. The predicted molar refractivity (Wildman–Crippen MR) is 34.9 cm³/mol. The number of carbonyl (C=O) groups excluding carboxylic acids is 1. The summed E-state index contributed by atoms with van der Waals surface area (Å²) in [5.41, 5.74) is -1.72. The number of likely N-dealkylation sites (tertiary alicyclic amines) is 1. The first-order chi connectivity index (χ1) is 4.57. The molecule has 3 heteroatoms. The maximum absolute atomic E-state index is 13.0. The lowest BCUT2D eigenvalue weighted by Gasteiger charge is -2.09. The van der Waals surface area contributed by atoms with Gasteiger partial charge in [-0.1, -0.05) is 5.92 Å². The first kappa shape index (κ1) is 7.07. The Morgan fingerprint density at radius 3 is 2.70 bits per heavy atom. The second kappa shape index (κ2) is 1.98. The molecule has 1 aliphatic heterocycles. The van der Waals surface area contributed by atoms with Crippen molar-refractivity contribution < 1.29 is 9.18 Å². The van der Waals surface area contributed by atoms with Crippen LogP contribution in [-0.4, -0.2) is 30.1 Å². The highest BCUT2D eigenvalue weighted by molar-refractivity contribution is 5.80. The average Bonchev–Trinajstić information content (AvgIpc) is 2.10. The van der Waals surface area contributed by atoms with E-state index < -0.39 is 5.67 Å². The Labute approximate surface area is 59.0 Å². The van der Waals surface area contributed by atoms with E-state index in [2.05, 4.69) is 0 Å². The fourth-order valence-corrected chi connectivity index (χ4v) is 0.991. The van der Waals surface area contributed by atoms with E-state index in [1.54, 1.807) is 7.05 Å². The third kappa shape index (κ3) is 0.971. The van der Waals surface area contributed by atoms with Gasteiger partial charge in [0, 0.05) is 7.05 Å². The van der Waals surface area contributed by atoms with Crippen molar-refractivity contribution >= 4 is 5.91 Å². The molecule has 0 spiro atoms. The number of hydrogen-bond donors (Lipinski definition) is 0. The van der Waals surface area contributed by atoms with Gasteiger partial charge in [-0.05, 0) is 0 Å². The van der Waals surface area contributed by atoms with Crippen LogP contribution in [-0.2, 0) is 4.79 Å². The molecule has 0 bridgehead atoms. The first-order valence-corrected chi connectivity index (χ1v) is 2.98. The lowest BCUT2D eigenvalue weighted by atomic mass is 10.1. The second-order valence-electron chi connectivity index (χ2n) is 2.54. The number of rotatable bonds is 0. The summed E-state index contributed by atoms with van der Waals surface area (Å²) in [5, 5.41) is 0. The van der Waals surface area contributed by atoms with Crippen molar-refractivity contribution in [1.82, 2.24) is 4.90 Å². The topological polar surface area (TPSA) is 20.3 Å². The SMILES string of the molecule is C#CC1(F)CC(=O)N(C)C1. The molecule has 1 saturated heterocycles. The van der Waals surface area contributed by atoms with E-state index in [9.17, 15) is 9.18 Å².